The number of hydrogen-bond acceptors (Lipinski definition) is 8. The molecule has 0 spiro atoms. The molecule has 42 heavy (non-hydrogen) atoms. The lowest BCUT2D eigenvalue weighted by Crippen LogP contribution is -2.46. The van der Waals surface area contributed by atoms with Gasteiger partial charge in [-0.05, 0) is 43.3 Å². The third kappa shape index (κ3) is 6.95. The van der Waals surface area contributed by atoms with Crippen molar-refractivity contribution in [1.82, 2.24) is 14.9 Å². The van der Waals surface area contributed by atoms with Crippen LogP contribution >= 0.6 is 23.2 Å². The Morgan fingerprint density at radius 3 is 2.24 bits per heavy atom. The van der Waals surface area contributed by atoms with Gasteiger partial charge in [0.1, 0.15) is 17.3 Å². The minimum Gasteiger partial charge on any atom is -0.495 e. The van der Waals surface area contributed by atoms with Crippen LogP contribution in [-0.2, 0) is 4.79 Å². The second-order valence-electron chi connectivity index (χ2n) is 9.54. The molecule has 2 aromatic carbocycles. The molecule has 0 unspecified atom stereocenters. The summed E-state index contributed by atoms with van der Waals surface area (Å²) in [5.41, 5.74) is 3.41. The van der Waals surface area contributed by atoms with Gasteiger partial charge in [-0.2, -0.15) is 0 Å². The van der Waals surface area contributed by atoms with Gasteiger partial charge in [-0.15, -0.1) is 0 Å². The number of nitrogens with zero attached hydrogens (tertiary/aromatic N) is 4. The van der Waals surface area contributed by atoms with Gasteiger partial charge in [0.2, 0.25) is 11.9 Å². The van der Waals surface area contributed by atoms with E-state index in [-0.39, 0.29) is 39.0 Å². The molecular formula is C30H33Cl2FN6O3. The molecule has 2 heterocycles. The molecule has 12 heteroatoms. The number of halogens is 3. The molecule has 1 aliphatic heterocycles. The van der Waals surface area contributed by atoms with Crippen LogP contribution in [0.25, 0.3) is 11.9 Å². The number of aromatic nitrogens is 2. The van der Waals surface area contributed by atoms with Crippen LogP contribution in [0.5, 0.6) is 11.5 Å². The van der Waals surface area contributed by atoms with Crippen molar-refractivity contribution in [3.63, 3.8) is 0 Å². The Kier molecular flexibility index (Phi) is 10.3. The van der Waals surface area contributed by atoms with Gasteiger partial charge >= 0.3 is 0 Å². The Morgan fingerprint density at radius 2 is 1.69 bits per heavy atom. The highest BCUT2D eigenvalue weighted by Crippen LogP contribution is 2.44. The molecule has 1 amide bonds. The molecule has 0 radical (unpaired) electrons. The highest BCUT2D eigenvalue weighted by Gasteiger charge is 2.21. The van der Waals surface area contributed by atoms with Crippen molar-refractivity contribution >= 4 is 64.0 Å². The maximum absolute atomic E-state index is 15.4. The summed E-state index contributed by atoms with van der Waals surface area (Å²) < 4.78 is 25.8. The first-order valence-corrected chi connectivity index (χ1v) is 14.1. The molecule has 0 bridgehead atoms. The summed E-state index contributed by atoms with van der Waals surface area (Å²) in [6, 6.07) is 5.48. The average Bonchev–Trinajstić information content (AvgIpc) is 2.99. The van der Waals surface area contributed by atoms with Crippen LogP contribution in [0.1, 0.15) is 23.6 Å². The molecule has 1 saturated heterocycles. The van der Waals surface area contributed by atoms with Gasteiger partial charge in [-0.1, -0.05) is 36.7 Å². The number of anilines is 4. The van der Waals surface area contributed by atoms with Gasteiger partial charge in [-0.3, -0.25) is 4.79 Å². The zero-order valence-corrected chi connectivity index (χ0v) is 25.4. The predicted octanol–water partition coefficient (Wildman–Crippen LogP) is 6.59. The second kappa shape index (κ2) is 13.9. The largest absolute Gasteiger partial charge is 0.495 e. The van der Waals surface area contributed by atoms with Gasteiger partial charge in [-0.25, -0.2) is 14.4 Å². The van der Waals surface area contributed by atoms with Gasteiger partial charge in [0.25, 0.3) is 0 Å². The number of methoxy groups -OCH3 is 2. The van der Waals surface area contributed by atoms with Crippen LogP contribution < -0.4 is 25.0 Å². The molecule has 4 rings (SSSR count). The molecule has 1 fully saturated rings. The highest BCUT2D eigenvalue weighted by molar-refractivity contribution is 6.39. The fraction of sp³-hybridized carbons (Fsp3) is 0.300. The van der Waals surface area contributed by atoms with Crippen molar-refractivity contribution in [2.45, 2.75) is 13.8 Å². The number of benzene rings is 2. The molecule has 0 atom stereocenters. The fourth-order valence-electron chi connectivity index (χ4n) is 4.62. The number of aryl methyl sites for hydroxylation is 1. The Balaban J connectivity index is 1.60. The summed E-state index contributed by atoms with van der Waals surface area (Å²) >= 11 is 12.7. The van der Waals surface area contributed by atoms with Crippen LogP contribution in [0.15, 0.2) is 43.2 Å². The van der Waals surface area contributed by atoms with Crippen molar-refractivity contribution in [3.05, 3.63) is 70.0 Å². The molecule has 0 saturated carbocycles. The maximum atomic E-state index is 15.4. The standard InChI is InChI=1S/C30H33Cl2FN6O3/c1-6-25(40)36-22-14-20(39-10-8-38(7-2)9-11-39)12-18(3)29(22)37-30-34-16-19(17-35-30)13-21(33)26-27(31)23(41-4)15-24(42-5)28(26)32/h6,12-17H,1,7-11H2,2-5H3,(H,36,40)(H,34,35,37)/b21-13-. The van der Waals surface area contributed by atoms with Crippen LogP contribution in [0.2, 0.25) is 10.0 Å². The van der Waals surface area contributed by atoms with E-state index in [1.807, 2.05) is 13.0 Å². The summed E-state index contributed by atoms with van der Waals surface area (Å²) in [5, 5.41) is 6.10. The SMILES string of the molecule is C=CC(=O)Nc1cc(N2CCN(CC)CC2)cc(C)c1Nc1ncc(/C=C(\F)c2c(Cl)c(OC)cc(OC)c2Cl)cn1. The molecule has 3 aromatic rings. The summed E-state index contributed by atoms with van der Waals surface area (Å²) in [6.07, 6.45) is 5.33. The van der Waals surface area contributed by atoms with E-state index in [4.69, 9.17) is 32.7 Å². The molecular weight excluding hydrogens is 582 g/mol. The maximum Gasteiger partial charge on any atom is 0.247 e. The zero-order chi connectivity index (χ0) is 30.4. The third-order valence-corrected chi connectivity index (χ3v) is 7.71. The van der Waals surface area contributed by atoms with E-state index in [1.165, 1.54) is 44.8 Å². The lowest BCUT2D eigenvalue weighted by molar-refractivity contribution is -0.111. The number of ether oxygens (including phenoxy) is 2. The summed E-state index contributed by atoms with van der Waals surface area (Å²) in [7, 11) is 2.83. The van der Waals surface area contributed by atoms with Crippen LogP contribution in [0.4, 0.5) is 27.4 Å². The minimum atomic E-state index is -0.716. The first kappa shape index (κ1) is 31.1. The fourth-order valence-corrected chi connectivity index (χ4v) is 5.31. The molecule has 1 aromatic heterocycles. The average molecular weight is 616 g/mol. The van der Waals surface area contributed by atoms with Crippen molar-refractivity contribution in [2.24, 2.45) is 0 Å². The van der Waals surface area contributed by atoms with E-state index < -0.39 is 5.83 Å². The van der Waals surface area contributed by atoms with E-state index in [2.05, 4.69) is 50.0 Å². The third-order valence-electron chi connectivity index (χ3n) is 6.96. The quantitative estimate of drug-likeness (QED) is 0.247. The number of carbonyl (C=O) groups is 1. The molecule has 0 aliphatic carbocycles. The highest BCUT2D eigenvalue weighted by atomic mass is 35.5. The van der Waals surface area contributed by atoms with Gasteiger partial charge in [0, 0.05) is 55.9 Å². The van der Waals surface area contributed by atoms with E-state index in [0.29, 0.717) is 16.9 Å². The predicted molar refractivity (Wildman–Crippen MR) is 168 cm³/mol. The van der Waals surface area contributed by atoms with E-state index in [9.17, 15) is 4.79 Å². The summed E-state index contributed by atoms with van der Waals surface area (Å²) in [5.74, 6) is -0.360. The van der Waals surface area contributed by atoms with Crippen LogP contribution in [-0.4, -0.2) is 67.7 Å². The number of nitrogens with one attached hydrogen (secondary N) is 2. The van der Waals surface area contributed by atoms with E-state index in [0.717, 1.165) is 44.0 Å². The normalized spacial score (nSPS) is 14.0. The Labute approximate surface area is 254 Å². The smallest absolute Gasteiger partial charge is 0.247 e. The molecule has 222 valence electrons. The lowest BCUT2D eigenvalue weighted by atomic mass is 10.1. The van der Waals surface area contributed by atoms with Crippen molar-refractivity contribution in [3.8, 4) is 11.5 Å². The second-order valence-corrected chi connectivity index (χ2v) is 10.3. The Bertz CT molecular complexity index is 1460. The van der Waals surface area contributed by atoms with Crippen LogP contribution in [0, 0.1) is 6.92 Å². The summed E-state index contributed by atoms with van der Waals surface area (Å²) in [4.78, 5) is 25.7. The lowest BCUT2D eigenvalue weighted by Gasteiger charge is -2.36. The topological polar surface area (TPSA) is 91.9 Å². The number of amides is 1. The van der Waals surface area contributed by atoms with Crippen LogP contribution in [0.3, 0.4) is 0 Å². The minimum absolute atomic E-state index is 0.0107. The number of hydrogen-bond donors (Lipinski definition) is 2. The number of carbonyl (C=O) groups excluding carboxylic acids is 1. The molecule has 2 N–H and O–H groups in total. The van der Waals surface area contributed by atoms with Gasteiger partial charge < -0.3 is 29.9 Å². The first-order chi connectivity index (χ1) is 20.2. The van der Waals surface area contributed by atoms with Crippen molar-refractivity contribution < 1.29 is 18.7 Å². The van der Waals surface area contributed by atoms with Crippen molar-refractivity contribution in [2.75, 3.05) is 62.5 Å². The Hall–Kier alpha value is -3.86. The monoisotopic (exact) mass is 614 g/mol. The number of likely N-dealkylation sites (N-methyl/N-ethyl adjacent to an activating group) is 1. The van der Waals surface area contributed by atoms with E-state index >= 15 is 4.39 Å². The molecule has 1 aliphatic rings. The van der Waals surface area contributed by atoms with Gasteiger partial charge in [0.05, 0.1) is 41.2 Å². The van der Waals surface area contributed by atoms with Crippen molar-refractivity contribution in [1.29, 1.82) is 0 Å². The van der Waals surface area contributed by atoms with E-state index in [1.54, 1.807) is 0 Å². The zero-order valence-electron chi connectivity index (χ0n) is 23.9. The molecule has 9 nitrogen and oxygen atoms in total. The summed E-state index contributed by atoms with van der Waals surface area (Å²) in [6.45, 7) is 12.4. The Morgan fingerprint density at radius 1 is 1.07 bits per heavy atom. The van der Waals surface area contributed by atoms with Gasteiger partial charge in [0.15, 0.2) is 0 Å². The number of piperazine rings is 1. The first-order valence-electron chi connectivity index (χ1n) is 13.3. The number of rotatable bonds is 10.